The van der Waals surface area contributed by atoms with Gasteiger partial charge in [-0.3, -0.25) is 9.78 Å². The molecule has 5 aromatic rings. The second-order valence-electron chi connectivity index (χ2n) is 11.1. The Morgan fingerprint density at radius 1 is 1.21 bits per heavy atom. The summed E-state index contributed by atoms with van der Waals surface area (Å²) in [6.45, 7) is 12.5. The first-order valence-electron chi connectivity index (χ1n) is 14.0. The highest BCUT2D eigenvalue weighted by molar-refractivity contribution is 6.34. The molecule has 5 heterocycles. The lowest BCUT2D eigenvalue weighted by Crippen LogP contribution is -2.54. The van der Waals surface area contributed by atoms with Crippen LogP contribution in [0, 0.1) is 12.7 Å². The number of halogens is 2. The van der Waals surface area contributed by atoms with Crippen molar-refractivity contribution in [3.63, 3.8) is 0 Å². The van der Waals surface area contributed by atoms with Gasteiger partial charge in [-0.2, -0.15) is 4.98 Å². The summed E-state index contributed by atoms with van der Waals surface area (Å²) >= 11 is 6.62. The fourth-order valence-electron chi connectivity index (χ4n) is 5.82. The van der Waals surface area contributed by atoms with Gasteiger partial charge in [0.15, 0.2) is 11.5 Å². The number of aromatic nitrogens is 4. The molecular formula is C32H30ClFN6O3. The molecule has 0 N–H and O–H groups in total. The van der Waals surface area contributed by atoms with Crippen molar-refractivity contribution in [2.24, 2.45) is 0 Å². The number of anilines is 1. The first-order valence-corrected chi connectivity index (χ1v) is 14.4. The van der Waals surface area contributed by atoms with Gasteiger partial charge in [-0.15, -0.1) is 0 Å². The molecule has 220 valence electrons. The van der Waals surface area contributed by atoms with E-state index in [1.165, 1.54) is 23.0 Å². The minimum atomic E-state index is -0.647. The predicted octanol–water partition coefficient (Wildman–Crippen LogP) is 6.04. The summed E-state index contributed by atoms with van der Waals surface area (Å²) in [6.07, 6.45) is 4.49. The van der Waals surface area contributed by atoms with Crippen molar-refractivity contribution in [3.05, 3.63) is 88.0 Å². The first kappa shape index (κ1) is 28.5. The summed E-state index contributed by atoms with van der Waals surface area (Å²) in [6, 6.07) is 8.16. The lowest BCUT2D eigenvalue weighted by molar-refractivity contribution is -0.126. The molecule has 1 amide bonds. The summed E-state index contributed by atoms with van der Waals surface area (Å²) in [7, 11) is 0. The van der Waals surface area contributed by atoms with Crippen molar-refractivity contribution in [1.82, 2.24) is 24.4 Å². The second kappa shape index (κ2) is 10.9. The number of benzene rings is 1. The summed E-state index contributed by atoms with van der Waals surface area (Å²) in [5.74, 6) is -0.554. The van der Waals surface area contributed by atoms with Gasteiger partial charge < -0.3 is 14.2 Å². The van der Waals surface area contributed by atoms with Crippen molar-refractivity contribution in [2.75, 3.05) is 24.5 Å². The molecule has 6 rings (SSSR count). The number of piperazine rings is 1. The van der Waals surface area contributed by atoms with Crippen LogP contribution in [0.3, 0.4) is 0 Å². The number of nitrogens with zero attached hydrogens (tertiary/aromatic N) is 6. The molecule has 9 nitrogen and oxygen atoms in total. The van der Waals surface area contributed by atoms with Crippen molar-refractivity contribution in [1.29, 1.82) is 0 Å². The maximum atomic E-state index is 16.2. The van der Waals surface area contributed by atoms with Crippen LogP contribution >= 0.6 is 11.6 Å². The van der Waals surface area contributed by atoms with Crippen LogP contribution in [0.5, 0.6) is 0 Å². The van der Waals surface area contributed by atoms with Crippen LogP contribution in [-0.2, 0) is 4.79 Å². The average molecular weight is 601 g/mol. The number of furan rings is 1. The monoisotopic (exact) mass is 600 g/mol. The van der Waals surface area contributed by atoms with E-state index in [-0.39, 0.29) is 39.8 Å². The number of amides is 1. The molecule has 0 saturated carbocycles. The van der Waals surface area contributed by atoms with Gasteiger partial charge in [-0.25, -0.2) is 18.7 Å². The van der Waals surface area contributed by atoms with Crippen molar-refractivity contribution >= 4 is 45.3 Å². The van der Waals surface area contributed by atoms with Crippen LogP contribution in [0.15, 0.2) is 64.7 Å². The van der Waals surface area contributed by atoms with Crippen molar-refractivity contribution in [2.45, 2.75) is 39.7 Å². The Bertz CT molecular complexity index is 1980. The van der Waals surface area contributed by atoms with Gasteiger partial charge >= 0.3 is 5.69 Å². The Morgan fingerprint density at radius 2 is 2.00 bits per heavy atom. The highest BCUT2D eigenvalue weighted by Gasteiger charge is 2.31. The molecule has 0 unspecified atom stereocenters. The van der Waals surface area contributed by atoms with E-state index in [0.717, 1.165) is 10.9 Å². The van der Waals surface area contributed by atoms with E-state index >= 15 is 4.39 Å². The molecule has 43 heavy (non-hydrogen) atoms. The molecule has 0 radical (unpaired) electrons. The lowest BCUT2D eigenvalue weighted by Gasteiger charge is -2.40. The molecule has 1 saturated heterocycles. The Kier molecular flexibility index (Phi) is 7.25. The SMILES string of the molecule is C=CC(=O)N1CCN(c2nc(=O)n(-c3c(C)ccnc3C(C)C)c3nc(-c4c(Cl)ccc5ccoc45)c(F)cc23)[C@@H](C)C1. The molecule has 11 heteroatoms. The largest absolute Gasteiger partial charge is 0.464 e. The topological polar surface area (TPSA) is 97.4 Å². The number of hydrogen-bond donors (Lipinski definition) is 0. The highest BCUT2D eigenvalue weighted by atomic mass is 35.5. The van der Waals surface area contributed by atoms with Gasteiger partial charge in [0, 0.05) is 37.3 Å². The van der Waals surface area contributed by atoms with Gasteiger partial charge in [0.25, 0.3) is 0 Å². The minimum Gasteiger partial charge on any atom is -0.464 e. The van der Waals surface area contributed by atoms with Crippen LogP contribution in [0.4, 0.5) is 10.2 Å². The summed E-state index contributed by atoms with van der Waals surface area (Å²) < 4.78 is 23.3. The van der Waals surface area contributed by atoms with Gasteiger partial charge in [0.1, 0.15) is 17.1 Å². The van der Waals surface area contributed by atoms with E-state index in [4.69, 9.17) is 21.0 Å². The van der Waals surface area contributed by atoms with E-state index in [1.807, 2.05) is 38.7 Å². The smallest absolute Gasteiger partial charge is 0.355 e. The van der Waals surface area contributed by atoms with Gasteiger partial charge in [0.05, 0.1) is 33.6 Å². The molecule has 0 bridgehead atoms. The van der Waals surface area contributed by atoms with E-state index in [9.17, 15) is 9.59 Å². The van der Waals surface area contributed by atoms with Crippen LogP contribution in [0.1, 0.15) is 37.9 Å². The third-order valence-electron chi connectivity index (χ3n) is 7.92. The van der Waals surface area contributed by atoms with E-state index in [2.05, 4.69) is 16.5 Å². The van der Waals surface area contributed by atoms with Crippen LogP contribution < -0.4 is 10.6 Å². The third kappa shape index (κ3) is 4.75. The number of fused-ring (bicyclic) bond motifs is 2. The van der Waals surface area contributed by atoms with Crippen molar-refractivity contribution in [3.8, 4) is 16.9 Å². The molecule has 1 aliphatic rings. The molecule has 1 fully saturated rings. The van der Waals surface area contributed by atoms with E-state index in [0.29, 0.717) is 47.8 Å². The first-order chi connectivity index (χ1) is 20.6. The fourth-order valence-corrected chi connectivity index (χ4v) is 6.06. The standard InChI is InChI=1S/C32H30ClFN6O3/c1-6-24(41)38-12-13-39(19(5)16-38)30-21-15-23(34)27(25-22(33)8-7-20-10-14-43-29(20)25)36-31(21)40(32(42)37-30)28-18(4)9-11-35-26(28)17(2)3/h6-11,14-15,17,19H,1,12-13,16H2,2-5H3/t19-/m0/s1. The molecule has 0 aliphatic carbocycles. The Balaban J connectivity index is 1.67. The Morgan fingerprint density at radius 3 is 2.72 bits per heavy atom. The Labute approximate surface area is 252 Å². The van der Waals surface area contributed by atoms with Crippen molar-refractivity contribution < 1.29 is 13.6 Å². The number of pyridine rings is 2. The molecule has 1 aromatic carbocycles. The Hall–Kier alpha value is -4.57. The summed E-state index contributed by atoms with van der Waals surface area (Å²) in [5.41, 5.74) is 2.28. The number of hydrogen-bond acceptors (Lipinski definition) is 7. The maximum absolute atomic E-state index is 16.2. The van der Waals surface area contributed by atoms with Crippen LogP contribution in [-0.4, -0.2) is 56.0 Å². The number of carbonyl (C=O) groups excluding carboxylic acids is 1. The van der Waals surface area contributed by atoms with Crippen LogP contribution in [0.25, 0.3) is 38.9 Å². The zero-order valence-electron chi connectivity index (χ0n) is 24.3. The van der Waals surface area contributed by atoms with Gasteiger partial charge in [-0.05, 0) is 61.7 Å². The van der Waals surface area contributed by atoms with E-state index < -0.39 is 11.5 Å². The van der Waals surface area contributed by atoms with Gasteiger partial charge in [0.2, 0.25) is 5.91 Å². The fraction of sp³-hybridized carbons (Fsp3) is 0.281. The zero-order valence-corrected chi connectivity index (χ0v) is 25.0. The third-order valence-corrected chi connectivity index (χ3v) is 8.23. The molecule has 0 spiro atoms. The molecule has 1 atom stereocenters. The van der Waals surface area contributed by atoms with Gasteiger partial charge in [-0.1, -0.05) is 32.0 Å². The quantitative estimate of drug-likeness (QED) is 0.227. The lowest BCUT2D eigenvalue weighted by atomic mass is 10.0. The number of carbonyl (C=O) groups is 1. The normalized spacial score (nSPS) is 15.6. The zero-order chi connectivity index (χ0) is 30.6. The van der Waals surface area contributed by atoms with Crippen LogP contribution in [0.2, 0.25) is 5.02 Å². The molecule has 4 aromatic heterocycles. The second-order valence-corrected chi connectivity index (χ2v) is 11.5. The summed E-state index contributed by atoms with van der Waals surface area (Å²) in [4.78, 5) is 43.9. The number of rotatable bonds is 5. The highest BCUT2D eigenvalue weighted by Crippen LogP contribution is 2.39. The molecule has 1 aliphatic heterocycles. The maximum Gasteiger partial charge on any atom is 0.355 e. The molecular weight excluding hydrogens is 571 g/mol. The average Bonchev–Trinajstić information content (AvgIpc) is 3.46. The minimum absolute atomic E-state index is 0.0294. The van der Waals surface area contributed by atoms with E-state index in [1.54, 1.807) is 29.3 Å². The predicted molar refractivity (Wildman–Crippen MR) is 166 cm³/mol. The summed E-state index contributed by atoms with van der Waals surface area (Å²) in [5, 5.41) is 1.34. The number of aryl methyl sites for hydroxylation is 1.